The van der Waals surface area contributed by atoms with Crippen molar-refractivity contribution in [3.63, 3.8) is 0 Å². The van der Waals surface area contributed by atoms with Crippen LogP contribution in [0.5, 0.6) is 0 Å². The molecule has 3 aromatic rings. The first kappa shape index (κ1) is 16.8. The first-order chi connectivity index (χ1) is 12.6. The normalized spacial score (nSPS) is 18.7. The van der Waals surface area contributed by atoms with E-state index in [1.165, 1.54) is 4.90 Å². The molecular formula is C20H17FN2O2S. The van der Waals surface area contributed by atoms with Crippen LogP contribution in [-0.4, -0.2) is 26.9 Å². The third-order valence-electron chi connectivity index (χ3n) is 4.75. The molecule has 1 saturated heterocycles. The maximum absolute atomic E-state index is 14.7. The molecule has 0 radical (unpaired) electrons. The van der Waals surface area contributed by atoms with Gasteiger partial charge in [0, 0.05) is 35.9 Å². The van der Waals surface area contributed by atoms with Crippen molar-refractivity contribution in [3.05, 3.63) is 71.9 Å². The van der Waals surface area contributed by atoms with Crippen molar-refractivity contribution in [1.29, 1.82) is 0 Å². The number of halogens is 1. The number of hydrogen-bond donors (Lipinski definition) is 0. The number of thioether (sulfide) groups is 1. The Morgan fingerprint density at radius 2 is 1.85 bits per heavy atom. The van der Waals surface area contributed by atoms with E-state index in [0.29, 0.717) is 5.56 Å². The molecule has 0 aliphatic carbocycles. The summed E-state index contributed by atoms with van der Waals surface area (Å²) in [7, 11) is 1.63. The van der Waals surface area contributed by atoms with Crippen LogP contribution in [0.25, 0.3) is 10.9 Å². The number of rotatable bonds is 4. The van der Waals surface area contributed by atoms with E-state index in [2.05, 4.69) is 0 Å². The molecule has 2 heterocycles. The van der Waals surface area contributed by atoms with Gasteiger partial charge in [-0.15, -0.1) is 0 Å². The van der Waals surface area contributed by atoms with Gasteiger partial charge in [-0.3, -0.25) is 9.59 Å². The van der Waals surface area contributed by atoms with Crippen molar-refractivity contribution in [1.82, 2.24) is 9.47 Å². The van der Waals surface area contributed by atoms with Gasteiger partial charge < -0.3 is 9.47 Å². The first-order valence-electron chi connectivity index (χ1n) is 8.31. The molecular weight excluding hydrogens is 351 g/mol. The molecule has 2 atom stereocenters. The number of likely N-dealkylation sites (N-methyl/N-ethyl adjacent to an activating group) is 1. The van der Waals surface area contributed by atoms with E-state index in [4.69, 9.17) is 0 Å². The number of nitrogens with zero attached hydrogens (tertiary/aromatic N) is 2. The molecule has 26 heavy (non-hydrogen) atoms. The minimum absolute atomic E-state index is 0.176. The number of aromatic nitrogens is 1. The van der Waals surface area contributed by atoms with Gasteiger partial charge >= 0.3 is 0 Å². The largest absolute Gasteiger partial charge is 0.344 e. The summed E-state index contributed by atoms with van der Waals surface area (Å²) in [6.45, 7) is 0.194. The van der Waals surface area contributed by atoms with Crippen molar-refractivity contribution in [2.24, 2.45) is 0 Å². The molecule has 2 unspecified atom stereocenters. The average molecular weight is 368 g/mol. The Morgan fingerprint density at radius 3 is 2.54 bits per heavy atom. The lowest BCUT2D eigenvalue weighted by molar-refractivity contribution is -0.113. The summed E-state index contributed by atoms with van der Waals surface area (Å²) in [5, 5.41) is 0.447. The molecule has 0 spiro atoms. The number of fused-ring (bicyclic) bond motifs is 1. The highest BCUT2D eigenvalue weighted by Crippen LogP contribution is 2.38. The van der Waals surface area contributed by atoms with Crippen molar-refractivity contribution in [3.8, 4) is 0 Å². The van der Waals surface area contributed by atoms with Gasteiger partial charge in [-0.1, -0.05) is 42.5 Å². The summed E-state index contributed by atoms with van der Waals surface area (Å²) in [6, 6.07) is 16.0. The van der Waals surface area contributed by atoms with E-state index in [-0.39, 0.29) is 16.9 Å². The summed E-state index contributed by atoms with van der Waals surface area (Å²) >= 11 is 0.736. The van der Waals surface area contributed by atoms with Gasteiger partial charge in [-0.2, -0.15) is 0 Å². The van der Waals surface area contributed by atoms with Crippen LogP contribution in [0.1, 0.15) is 23.3 Å². The molecule has 0 bridgehead atoms. The topological polar surface area (TPSA) is 42.3 Å². The van der Waals surface area contributed by atoms with Crippen molar-refractivity contribution in [2.75, 3.05) is 7.05 Å². The lowest BCUT2D eigenvalue weighted by Gasteiger charge is -2.18. The molecule has 1 fully saturated rings. The fourth-order valence-corrected chi connectivity index (χ4v) is 4.22. The van der Waals surface area contributed by atoms with Crippen LogP contribution in [0.2, 0.25) is 0 Å². The van der Waals surface area contributed by atoms with E-state index in [9.17, 15) is 14.0 Å². The summed E-state index contributed by atoms with van der Waals surface area (Å²) in [6.07, 6.45) is 0.710. The zero-order valence-electron chi connectivity index (χ0n) is 14.1. The smallest absolute Gasteiger partial charge is 0.289 e. The highest BCUT2D eigenvalue weighted by atomic mass is 32.2. The zero-order valence-corrected chi connectivity index (χ0v) is 14.9. The number of carbonyl (C=O) groups excluding carboxylic acids is 2. The van der Waals surface area contributed by atoms with Crippen LogP contribution in [-0.2, 0) is 11.3 Å². The Bertz CT molecular complexity index is 986. The van der Waals surface area contributed by atoms with Crippen LogP contribution in [0.15, 0.2) is 60.8 Å². The Balaban J connectivity index is 1.70. The minimum Gasteiger partial charge on any atom is -0.344 e. The Labute approximate surface area is 154 Å². The van der Waals surface area contributed by atoms with Gasteiger partial charge in [0.1, 0.15) is 12.2 Å². The molecule has 4 nitrogen and oxygen atoms in total. The van der Waals surface area contributed by atoms with Gasteiger partial charge in [0.15, 0.2) is 0 Å². The zero-order chi connectivity index (χ0) is 18.3. The molecule has 1 aliphatic heterocycles. The summed E-state index contributed by atoms with van der Waals surface area (Å²) < 4.78 is 16.5. The quantitative estimate of drug-likeness (QED) is 0.669. The Morgan fingerprint density at radius 1 is 1.08 bits per heavy atom. The average Bonchev–Trinajstić information content (AvgIpc) is 3.16. The number of carbonyl (C=O) groups is 2. The van der Waals surface area contributed by atoms with E-state index < -0.39 is 12.2 Å². The second-order valence-corrected chi connectivity index (χ2v) is 7.28. The first-order valence-corrected chi connectivity index (χ1v) is 9.13. The molecule has 4 rings (SSSR count). The van der Waals surface area contributed by atoms with E-state index in [0.717, 1.165) is 28.2 Å². The predicted molar refractivity (Wildman–Crippen MR) is 101 cm³/mol. The second kappa shape index (κ2) is 6.61. The van der Waals surface area contributed by atoms with Crippen molar-refractivity contribution in [2.45, 2.75) is 18.8 Å². The van der Waals surface area contributed by atoms with Gasteiger partial charge in [0.25, 0.3) is 5.24 Å². The monoisotopic (exact) mass is 368 g/mol. The van der Waals surface area contributed by atoms with E-state index >= 15 is 0 Å². The number of amides is 1. The van der Waals surface area contributed by atoms with E-state index in [1.807, 2.05) is 53.2 Å². The number of benzene rings is 2. The molecule has 1 aromatic heterocycles. The minimum atomic E-state index is -1.12. The lowest BCUT2D eigenvalue weighted by Crippen LogP contribution is -2.23. The number of alkyl halides is 1. The molecule has 2 aromatic carbocycles. The molecule has 132 valence electrons. The van der Waals surface area contributed by atoms with Crippen LogP contribution >= 0.6 is 11.8 Å². The van der Waals surface area contributed by atoms with Crippen LogP contribution in [0.4, 0.5) is 9.18 Å². The van der Waals surface area contributed by atoms with Crippen LogP contribution < -0.4 is 0 Å². The second-order valence-electron chi connectivity index (χ2n) is 6.33. The molecule has 1 aliphatic rings. The predicted octanol–water partition coefficient (Wildman–Crippen LogP) is 4.72. The third-order valence-corrected chi connectivity index (χ3v) is 5.63. The summed E-state index contributed by atoms with van der Waals surface area (Å²) in [5.74, 6) is 0. The van der Waals surface area contributed by atoms with Gasteiger partial charge in [0.05, 0.1) is 6.54 Å². The SMILES string of the molecule is CN1C(=O)SC(=O)C1c1cccc2c1ccn2CC(F)c1ccccc1. The maximum Gasteiger partial charge on any atom is 0.289 e. The van der Waals surface area contributed by atoms with E-state index in [1.54, 1.807) is 19.2 Å². The number of hydrogen-bond acceptors (Lipinski definition) is 3. The molecule has 6 heteroatoms. The highest BCUT2D eigenvalue weighted by molar-refractivity contribution is 8.26. The van der Waals surface area contributed by atoms with Crippen LogP contribution in [0, 0.1) is 0 Å². The molecule has 0 N–H and O–H groups in total. The molecule has 1 amide bonds. The summed E-state index contributed by atoms with van der Waals surface area (Å²) in [5.41, 5.74) is 2.27. The maximum atomic E-state index is 14.7. The van der Waals surface area contributed by atoms with Crippen LogP contribution in [0.3, 0.4) is 0 Å². The Kier molecular flexibility index (Phi) is 4.28. The van der Waals surface area contributed by atoms with Crippen molar-refractivity contribution >= 4 is 33.0 Å². The van der Waals surface area contributed by atoms with Gasteiger partial charge in [-0.05, 0) is 23.3 Å². The molecule has 0 saturated carbocycles. The van der Waals surface area contributed by atoms with Gasteiger partial charge in [0.2, 0.25) is 5.12 Å². The lowest BCUT2D eigenvalue weighted by atomic mass is 10.0. The highest BCUT2D eigenvalue weighted by Gasteiger charge is 2.39. The standard InChI is InChI=1S/C20H17FN2O2S/c1-22-18(19(24)26-20(22)25)15-8-5-9-17-14(15)10-11-23(17)12-16(21)13-6-3-2-4-7-13/h2-11,16,18H,12H2,1H3. The fraction of sp³-hybridized carbons (Fsp3) is 0.200. The Hall–Kier alpha value is -2.60. The summed E-state index contributed by atoms with van der Waals surface area (Å²) in [4.78, 5) is 25.5. The van der Waals surface area contributed by atoms with Gasteiger partial charge in [-0.25, -0.2) is 4.39 Å². The third kappa shape index (κ3) is 2.80. The van der Waals surface area contributed by atoms with Crippen molar-refractivity contribution < 1.29 is 14.0 Å². The fourth-order valence-electron chi connectivity index (χ4n) is 3.40.